The van der Waals surface area contributed by atoms with Gasteiger partial charge in [0, 0.05) is 17.7 Å². The number of carbonyl (C=O) groups is 2. The molecule has 0 amide bonds. The van der Waals surface area contributed by atoms with Gasteiger partial charge in [-0.3, -0.25) is 9.59 Å². The third-order valence-electron chi connectivity index (χ3n) is 6.38. The van der Waals surface area contributed by atoms with Crippen LogP contribution in [0.15, 0.2) is 34.8 Å². The molecular formula is C27H39NO4S. The zero-order valence-electron chi connectivity index (χ0n) is 21.1. The third-order valence-corrected chi connectivity index (χ3v) is 7.17. The number of allylic oxidation sites excluding steroid dienone is 3. The molecule has 2 rings (SSSR count). The van der Waals surface area contributed by atoms with Crippen molar-refractivity contribution in [3.8, 4) is 0 Å². The minimum atomic E-state index is -1.11. The first kappa shape index (κ1) is 27.2. The molecule has 1 aromatic heterocycles. The Kier molecular flexibility index (Phi) is 9.80. The number of ether oxygens (including phenoxy) is 1. The van der Waals surface area contributed by atoms with Crippen molar-refractivity contribution >= 4 is 29.2 Å². The maximum absolute atomic E-state index is 13.1. The highest BCUT2D eigenvalue weighted by Crippen LogP contribution is 2.31. The van der Waals surface area contributed by atoms with Gasteiger partial charge in [-0.2, -0.15) is 0 Å². The van der Waals surface area contributed by atoms with Crippen LogP contribution in [0.2, 0.25) is 0 Å². The first-order valence-corrected chi connectivity index (χ1v) is 12.6. The second kappa shape index (κ2) is 11.9. The van der Waals surface area contributed by atoms with Crippen LogP contribution >= 0.6 is 11.3 Å². The SMILES string of the molecule is CC1=CC[C@@H](C(C)=Cc2csc(C)n2)OC(=O)C[C@H](O)C(C)(C)C(=O)[C@H](C)C[C@@H](C)C=CC1. The molecule has 5 nitrogen and oxygen atoms in total. The van der Waals surface area contributed by atoms with Gasteiger partial charge in [-0.15, -0.1) is 11.3 Å². The van der Waals surface area contributed by atoms with Crippen molar-refractivity contribution in [3.05, 3.63) is 45.5 Å². The summed E-state index contributed by atoms with van der Waals surface area (Å²) in [6.07, 6.45) is 8.62. The second-order valence-corrected chi connectivity index (χ2v) is 11.1. The Labute approximate surface area is 202 Å². The number of hydrogen-bond acceptors (Lipinski definition) is 6. The number of ketones is 1. The van der Waals surface area contributed by atoms with Crippen LogP contribution in [0.1, 0.15) is 77.9 Å². The van der Waals surface area contributed by atoms with E-state index in [1.165, 1.54) is 5.57 Å². The fraction of sp³-hybridized carbons (Fsp3) is 0.593. The Morgan fingerprint density at radius 2 is 1.97 bits per heavy atom. The topological polar surface area (TPSA) is 76.5 Å². The normalized spacial score (nSPS) is 28.4. The van der Waals surface area contributed by atoms with Gasteiger partial charge in [0.15, 0.2) is 0 Å². The number of carbonyl (C=O) groups excluding carboxylic acids is 2. The highest BCUT2D eigenvalue weighted by atomic mass is 32.1. The van der Waals surface area contributed by atoms with E-state index in [9.17, 15) is 14.7 Å². The summed E-state index contributed by atoms with van der Waals surface area (Å²) in [7, 11) is 0. The van der Waals surface area contributed by atoms with Gasteiger partial charge in [-0.1, -0.05) is 51.5 Å². The largest absolute Gasteiger partial charge is 0.457 e. The molecule has 6 heteroatoms. The van der Waals surface area contributed by atoms with E-state index in [-0.39, 0.29) is 24.0 Å². The molecule has 0 radical (unpaired) electrons. The summed E-state index contributed by atoms with van der Waals surface area (Å²) in [5, 5.41) is 13.8. The Bertz CT molecular complexity index is 924. The number of aliphatic hydroxyl groups excluding tert-OH is 1. The number of aromatic nitrogens is 1. The minimum absolute atomic E-state index is 0.0299. The van der Waals surface area contributed by atoms with Gasteiger partial charge < -0.3 is 9.84 Å². The monoisotopic (exact) mass is 473 g/mol. The van der Waals surface area contributed by atoms with Gasteiger partial charge in [-0.05, 0) is 51.2 Å². The van der Waals surface area contributed by atoms with E-state index in [1.807, 2.05) is 32.2 Å². The van der Waals surface area contributed by atoms with Crippen molar-refractivity contribution in [1.82, 2.24) is 4.98 Å². The van der Waals surface area contributed by atoms with Crippen molar-refractivity contribution in [2.75, 3.05) is 0 Å². The standard InChI is InChI=1S/C27H39NO4S/c1-17-9-8-10-18(2)13-20(4)26(31)27(6,7)24(29)15-25(30)32-23(12-11-17)19(3)14-22-16-33-21(5)28-22/h8,10-11,14,16,18,20,23-24,29H,9,12-13,15H2,1-7H3/t18-,20+,23-,24-/m0/s1. The third kappa shape index (κ3) is 8.04. The zero-order chi connectivity index (χ0) is 24.8. The Morgan fingerprint density at radius 1 is 1.27 bits per heavy atom. The minimum Gasteiger partial charge on any atom is -0.457 e. The van der Waals surface area contributed by atoms with Crippen LogP contribution in [-0.4, -0.2) is 34.1 Å². The van der Waals surface area contributed by atoms with Crippen molar-refractivity contribution < 1.29 is 19.4 Å². The molecule has 0 fully saturated rings. The molecule has 0 saturated carbocycles. The molecule has 0 unspecified atom stereocenters. The predicted octanol–water partition coefficient (Wildman–Crippen LogP) is 6.07. The molecule has 182 valence electrons. The molecule has 0 aliphatic carbocycles. The summed E-state index contributed by atoms with van der Waals surface area (Å²) in [4.78, 5) is 30.4. The number of nitrogens with zero attached hydrogens (tertiary/aromatic N) is 1. The van der Waals surface area contributed by atoms with Crippen LogP contribution in [0.25, 0.3) is 6.08 Å². The van der Waals surface area contributed by atoms with Crippen LogP contribution in [0.3, 0.4) is 0 Å². The van der Waals surface area contributed by atoms with Gasteiger partial charge in [0.1, 0.15) is 11.9 Å². The van der Waals surface area contributed by atoms with E-state index < -0.39 is 23.6 Å². The molecule has 0 bridgehead atoms. The van der Waals surface area contributed by atoms with E-state index in [2.05, 4.69) is 37.1 Å². The summed E-state index contributed by atoms with van der Waals surface area (Å²) >= 11 is 1.57. The molecular weight excluding hydrogens is 434 g/mol. The van der Waals surface area contributed by atoms with E-state index in [4.69, 9.17) is 4.74 Å². The number of thiazole rings is 1. The van der Waals surface area contributed by atoms with E-state index >= 15 is 0 Å². The summed E-state index contributed by atoms with van der Waals surface area (Å²) in [5.41, 5.74) is 1.89. The second-order valence-electron chi connectivity index (χ2n) is 10.00. The summed E-state index contributed by atoms with van der Waals surface area (Å²) in [5.74, 6) is -0.496. The van der Waals surface area contributed by atoms with E-state index in [1.54, 1.807) is 25.2 Å². The van der Waals surface area contributed by atoms with Crippen LogP contribution < -0.4 is 0 Å². The summed E-state index contributed by atoms with van der Waals surface area (Å²) < 4.78 is 5.82. The highest BCUT2D eigenvalue weighted by Gasteiger charge is 2.39. The zero-order valence-corrected chi connectivity index (χ0v) is 21.9. The van der Waals surface area contributed by atoms with Gasteiger partial charge >= 0.3 is 5.97 Å². The number of esters is 1. The fourth-order valence-electron chi connectivity index (χ4n) is 4.14. The fourth-order valence-corrected chi connectivity index (χ4v) is 4.71. The highest BCUT2D eigenvalue weighted by molar-refractivity contribution is 7.09. The number of hydrogen-bond donors (Lipinski definition) is 1. The van der Waals surface area contributed by atoms with Crippen LogP contribution in [0.4, 0.5) is 0 Å². The summed E-state index contributed by atoms with van der Waals surface area (Å²) in [6, 6.07) is 0. The summed E-state index contributed by atoms with van der Waals surface area (Å²) in [6.45, 7) is 13.4. The van der Waals surface area contributed by atoms with Crippen molar-refractivity contribution in [3.63, 3.8) is 0 Å². The molecule has 1 aromatic rings. The average Bonchev–Trinajstić information content (AvgIpc) is 3.13. The number of aryl methyl sites for hydroxylation is 1. The lowest BCUT2D eigenvalue weighted by Gasteiger charge is -2.32. The lowest BCUT2D eigenvalue weighted by Crippen LogP contribution is -2.42. The Hall–Kier alpha value is -2.05. The van der Waals surface area contributed by atoms with Crippen molar-refractivity contribution in [2.45, 2.75) is 86.4 Å². The van der Waals surface area contributed by atoms with Gasteiger partial charge in [0.2, 0.25) is 0 Å². The lowest BCUT2D eigenvalue weighted by atomic mass is 9.74. The molecule has 0 saturated heterocycles. The maximum atomic E-state index is 13.1. The number of Topliss-reactive ketones (excluding diaryl/α,β-unsaturated/α-hetero) is 1. The molecule has 0 spiro atoms. The number of cyclic esters (lactones) is 1. The van der Waals surface area contributed by atoms with Crippen LogP contribution in [0.5, 0.6) is 0 Å². The quantitative estimate of drug-likeness (QED) is 0.417. The van der Waals surface area contributed by atoms with Crippen LogP contribution in [0, 0.1) is 24.2 Å². The maximum Gasteiger partial charge on any atom is 0.309 e. The van der Waals surface area contributed by atoms with Crippen molar-refractivity contribution in [1.29, 1.82) is 0 Å². The smallest absolute Gasteiger partial charge is 0.309 e. The average molecular weight is 474 g/mol. The van der Waals surface area contributed by atoms with Crippen LogP contribution in [-0.2, 0) is 14.3 Å². The van der Waals surface area contributed by atoms with Gasteiger partial charge in [-0.25, -0.2) is 4.98 Å². The first-order valence-electron chi connectivity index (χ1n) is 11.7. The number of rotatable bonds is 2. The molecule has 1 aliphatic heterocycles. The lowest BCUT2D eigenvalue weighted by molar-refractivity contribution is -0.153. The number of aliphatic hydroxyl groups is 1. The Balaban J connectivity index is 2.33. The van der Waals surface area contributed by atoms with E-state index in [0.717, 1.165) is 22.7 Å². The molecule has 2 heterocycles. The van der Waals surface area contributed by atoms with Crippen molar-refractivity contribution in [2.24, 2.45) is 17.3 Å². The van der Waals surface area contributed by atoms with Gasteiger partial charge in [0.05, 0.1) is 28.6 Å². The molecule has 1 aliphatic rings. The van der Waals surface area contributed by atoms with E-state index in [0.29, 0.717) is 12.8 Å². The Morgan fingerprint density at radius 3 is 2.61 bits per heavy atom. The molecule has 4 atom stereocenters. The molecule has 0 aromatic carbocycles. The van der Waals surface area contributed by atoms with Gasteiger partial charge in [0.25, 0.3) is 0 Å². The molecule has 33 heavy (non-hydrogen) atoms. The molecule has 1 N–H and O–H groups in total. The predicted molar refractivity (Wildman–Crippen MR) is 135 cm³/mol. The first-order chi connectivity index (χ1) is 15.4.